The summed E-state index contributed by atoms with van der Waals surface area (Å²) in [5, 5.41) is 20.4. The van der Waals surface area contributed by atoms with Gasteiger partial charge in [-0.3, -0.25) is 0 Å². The second kappa shape index (κ2) is 7.27. The van der Waals surface area contributed by atoms with Gasteiger partial charge >= 0.3 is 0 Å². The quantitative estimate of drug-likeness (QED) is 0.645. The molecule has 134 valence electrons. The first kappa shape index (κ1) is 16.8. The molecule has 2 aromatic carbocycles. The SMILES string of the molecule is OCC[NH+]1CCN(c2nc(-c3ccccc3O)nc3ccccc23)CC1. The number of piperazine rings is 1. The number of phenols is 1. The van der Waals surface area contributed by atoms with Crippen molar-refractivity contribution >= 4 is 16.7 Å². The molecule has 6 nitrogen and oxygen atoms in total. The lowest BCUT2D eigenvalue weighted by Crippen LogP contribution is -3.15. The lowest BCUT2D eigenvalue weighted by atomic mass is 10.1. The first-order valence-corrected chi connectivity index (χ1v) is 9.01. The summed E-state index contributed by atoms with van der Waals surface area (Å²) >= 11 is 0. The van der Waals surface area contributed by atoms with E-state index in [0.717, 1.165) is 49.4 Å². The van der Waals surface area contributed by atoms with Gasteiger partial charge in [-0.05, 0) is 24.3 Å². The van der Waals surface area contributed by atoms with E-state index in [4.69, 9.17) is 10.1 Å². The number of nitrogens with one attached hydrogen (secondary N) is 1. The van der Waals surface area contributed by atoms with E-state index in [2.05, 4.69) is 9.88 Å². The van der Waals surface area contributed by atoms with Crippen LogP contribution in [0.25, 0.3) is 22.3 Å². The van der Waals surface area contributed by atoms with Crippen molar-refractivity contribution in [2.45, 2.75) is 0 Å². The van der Waals surface area contributed by atoms with Gasteiger partial charge in [0.1, 0.15) is 18.1 Å². The molecule has 3 N–H and O–H groups in total. The van der Waals surface area contributed by atoms with E-state index in [1.807, 2.05) is 36.4 Å². The summed E-state index contributed by atoms with van der Waals surface area (Å²) in [5.74, 6) is 1.64. The molecule has 0 bridgehead atoms. The number of benzene rings is 2. The van der Waals surface area contributed by atoms with E-state index in [9.17, 15) is 5.11 Å². The maximum Gasteiger partial charge on any atom is 0.165 e. The highest BCUT2D eigenvalue weighted by atomic mass is 16.3. The number of hydrogen-bond donors (Lipinski definition) is 3. The second-order valence-corrected chi connectivity index (χ2v) is 6.62. The maximum absolute atomic E-state index is 10.2. The number of aromatic hydroxyl groups is 1. The number of quaternary nitrogens is 1. The van der Waals surface area contributed by atoms with Gasteiger partial charge in [-0.15, -0.1) is 0 Å². The normalized spacial score (nSPS) is 15.5. The third kappa shape index (κ3) is 3.21. The predicted octanol–water partition coefficient (Wildman–Crippen LogP) is 0.700. The molecule has 1 fully saturated rings. The zero-order chi connectivity index (χ0) is 17.9. The van der Waals surface area contributed by atoms with E-state index in [1.54, 1.807) is 12.1 Å². The van der Waals surface area contributed by atoms with Crippen molar-refractivity contribution in [1.82, 2.24) is 9.97 Å². The van der Waals surface area contributed by atoms with Crippen molar-refractivity contribution in [3.05, 3.63) is 48.5 Å². The van der Waals surface area contributed by atoms with E-state index in [0.29, 0.717) is 11.4 Å². The molecule has 26 heavy (non-hydrogen) atoms. The molecule has 1 aliphatic heterocycles. The van der Waals surface area contributed by atoms with E-state index in [-0.39, 0.29) is 12.4 Å². The topological polar surface area (TPSA) is 73.9 Å². The lowest BCUT2D eigenvalue weighted by Gasteiger charge is -2.33. The number of rotatable bonds is 4. The maximum atomic E-state index is 10.2. The van der Waals surface area contributed by atoms with Crippen LogP contribution in [0.5, 0.6) is 5.75 Å². The number of hydrogen-bond acceptors (Lipinski definition) is 5. The molecule has 0 spiro atoms. The van der Waals surface area contributed by atoms with Gasteiger partial charge in [0.05, 0.1) is 43.9 Å². The van der Waals surface area contributed by atoms with Crippen molar-refractivity contribution in [1.29, 1.82) is 0 Å². The van der Waals surface area contributed by atoms with Crippen LogP contribution in [-0.2, 0) is 0 Å². The minimum absolute atomic E-state index is 0.186. The van der Waals surface area contributed by atoms with Gasteiger partial charge in [0, 0.05) is 5.39 Å². The van der Waals surface area contributed by atoms with Crippen LogP contribution in [0.1, 0.15) is 0 Å². The summed E-state index contributed by atoms with van der Waals surface area (Å²) in [4.78, 5) is 13.2. The molecule has 2 heterocycles. The number of para-hydroxylation sites is 2. The van der Waals surface area contributed by atoms with Crippen molar-refractivity contribution in [3.8, 4) is 17.1 Å². The fraction of sp³-hybridized carbons (Fsp3) is 0.300. The van der Waals surface area contributed by atoms with Crippen molar-refractivity contribution in [2.24, 2.45) is 0 Å². The van der Waals surface area contributed by atoms with Crippen LogP contribution in [0.2, 0.25) is 0 Å². The van der Waals surface area contributed by atoms with Gasteiger partial charge in [0.2, 0.25) is 0 Å². The standard InChI is InChI=1S/C20H22N4O2/c25-14-13-23-9-11-24(12-10-23)20-15-5-1-3-7-17(15)21-19(22-20)16-6-2-4-8-18(16)26/h1-8,25-26H,9-14H2/p+1. The smallest absolute Gasteiger partial charge is 0.165 e. The minimum atomic E-state index is 0.186. The largest absolute Gasteiger partial charge is 0.507 e. The Labute approximate surface area is 152 Å². The fourth-order valence-electron chi connectivity index (χ4n) is 3.53. The number of aromatic nitrogens is 2. The Morgan fingerprint density at radius 3 is 2.46 bits per heavy atom. The summed E-state index contributed by atoms with van der Waals surface area (Å²) in [6, 6.07) is 15.2. The van der Waals surface area contributed by atoms with Crippen LogP contribution in [0.4, 0.5) is 5.82 Å². The number of aliphatic hydroxyl groups is 1. The summed E-state index contributed by atoms with van der Waals surface area (Å²) in [5.41, 5.74) is 1.52. The zero-order valence-corrected chi connectivity index (χ0v) is 14.6. The Morgan fingerprint density at radius 1 is 0.962 bits per heavy atom. The molecule has 1 saturated heterocycles. The summed E-state index contributed by atoms with van der Waals surface area (Å²) in [6.07, 6.45) is 0. The lowest BCUT2D eigenvalue weighted by molar-refractivity contribution is -0.900. The molecule has 1 aliphatic rings. The highest BCUT2D eigenvalue weighted by Gasteiger charge is 2.23. The van der Waals surface area contributed by atoms with E-state index in [1.165, 1.54) is 4.90 Å². The zero-order valence-electron chi connectivity index (χ0n) is 14.6. The number of phenolic OH excluding ortho intramolecular Hbond substituents is 1. The highest BCUT2D eigenvalue weighted by molar-refractivity contribution is 5.91. The Kier molecular flexibility index (Phi) is 4.69. The van der Waals surface area contributed by atoms with Gasteiger partial charge in [-0.1, -0.05) is 24.3 Å². The Morgan fingerprint density at radius 2 is 1.69 bits per heavy atom. The second-order valence-electron chi connectivity index (χ2n) is 6.62. The van der Waals surface area contributed by atoms with Crippen LogP contribution in [0, 0.1) is 0 Å². The molecule has 3 aromatic rings. The Hall–Kier alpha value is -2.70. The average molecular weight is 351 g/mol. The molecular formula is C20H23N4O2+. The highest BCUT2D eigenvalue weighted by Crippen LogP contribution is 2.31. The first-order chi connectivity index (χ1) is 12.8. The third-order valence-electron chi connectivity index (χ3n) is 4.96. The predicted molar refractivity (Wildman–Crippen MR) is 102 cm³/mol. The fourth-order valence-corrected chi connectivity index (χ4v) is 3.53. The van der Waals surface area contributed by atoms with Gasteiger partial charge in [0.25, 0.3) is 0 Å². The third-order valence-corrected chi connectivity index (χ3v) is 4.96. The van der Waals surface area contributed by atoms with Crippen LogP contribution in [0.3, 0.4) is 0 Å². The number of nitrogens with zero attached hydrogens (tertiary/aromatic N) is 3. The molecule has 0 unspecified atom stereocenters. The van der Waals surface area contributed by atoms with Crippen LogP contribution in [-0.4, -0.2) is 59.5 Å². The molecule has 0 atom stereocenters. The molecule has 4 rings (SSSR count). The van der Waals surface area contributed by atoms with E-state index < -0.39 is 0 Å². The van der Waals surface area contributed by atoms with Gasteiger partial charge in [-0.25, -0.2) is 9.97 Å². The average Bonchev–Trinajstić information content (AvgIpc) is 2.68. The minimum Gasteiger partial charge on any atom is -0.507 e. The first-order valence-electron chi connectivity index (χ1n) is 9.01. The molecule has 0 radical (unpaired) electrons. The van der Waals surface area contributed by atoms with Gasteiger partial charge in [-0.2, -0.15) is 0 Å². The van der Waals surface area contributed by atoms with Crippen molar-refractivity contribution < 1.29 is 15.1 Å². The molecule has 0 saturated carbocycles. The van der Waals surface area contributed by atoms with Crippen molar-refractivity contribution in [2.75, 3.05) is 44.2 Å². The Bertz CT molecular complexity index is 907. The van der Waals surface area contributed by atoms with Crippen LogP contribution < -0.4 is 9.80 Å². The number of anilines is 1. The van der Waals surface area contributed by atoms with E-state index >= 15 is 0 Å². The summed E-state index contributed by atoms with van der Waals surface area (Å²) in [6.45, 7) is 4.74. The Balaban J connectivity index is 1.75. The van der Waals surface area contributed by atoms with Crippen LogP contribution in [0.15, 0.2) is 48.5 Å². The summed E-state index contributed by atoms with van der Waals surface area (Å²) < 4.78 is 0. The molecular weight excluding hydrogens is 328 g/mol. The molecule has 0 amide bonds. The monoisotopic (exact) mass is 351 g/mol. The molecule has 6 heteroatoms. The van der Waals surface area contributed by atoms with Gasteiger partial charge < -0.3 is 20.0 Å². The van der Waals surface area contributed by atoms with Gasteiger partial charge in [0.15, 0.2) is 5.82 Å². The van der Waals surface area contributed by atoms with Crippen LogP contribution >= 0.6 is 0 Å². The van der Waals surface area contributed by atoms with Crippen molar-refractivity contribution in [3.63, 3.8) is 0 Å². The number of fused-ring (bicyclic) bond motifs is 1. The molecule has 0 aliphatic carbocycles. The molecule has 1 aromatic heterocycles. The number of aliphatic hydroxyl groups excluding tert-OH is 1. The summed E-state index contributed by atoms with van der Waals surface area (Å²) in [7, 11) is 0.